The molecule has 10 nitrogen and oxygen atoms in total. The minimum Gasteiger partial charge on any atom is -0.464 e. The standard InChI is InChI=1S/C27H37N5O5/c1-4-37-27(36)23-19-11-7-10-18(19)15-32(23)26(35)21(16(2)3)30-25(34)22(17-8-5-6-9-17)31-24(33)20-14-28-12-13-29-20/h12-14,17-19,21-23H,2,4-11,15H2,1,3H3,(H,30,34)(H,31,33)/t18-,19-,21-,22-,23-/m0/s1. The van der Waals surface area contributed by atoms with Gasteiger partial charge >= 0.3 is 5.97 Å². The van der Waals surface area contributed by atoms with Crippen molar-refractivity contribution in [3.63, 3.8) is 0 Å². The highest BCUT2D eigenvalue weighted by Crippen LogP contribution is 2.43. The quantitative estimate of drug-likeness (QED) is 0.383. The van der Waals surface area contributed by atoms with Crippen LogP contribution in [0.3, 0.4) is 0 Å². The van der Waals surface area contributed by atoms with E-state index >= 15 is 0 Å². The highest BCUT2D eigenvalue weighted by molar-refractivity contribution is 5.98. The molecule has 37 heavy (non-hydrogen) atoms. The van der Waals surface area contributed by atoms with E-state index in [9.17, 15) is 19.2 Å². The molecule has 5 atom stereocenters. The van der Waals surface area contributed by atoms with Crippen molar-refractivity contribution < 1.29 is 23.9 Å². The minimum atomic E-state index is -1.01. The van der Waals surface area contributed by atoms with Crippen molar-refractivity contribution in [1.82, 2.24) is 25.5 Å². The van der Waals surface area contributed by atoms with Crippen molar-refractivity contribution in [1.29, 1.82) is 0 Å². The van der Waals surface area contributed by atoms with Gasteiger partial charge in [-0.25, -0.2) is 9.78 Å². The second kappa shape index (κ2) is 11.8. The number of fused-ring (bicyclic) bond motifs is 1. The van der Waals surface area contributed by atoms with Crippen LogP contribution in [-0.2, 0) is 19.1 Å². The van der Waals surface area contributed by atoms with E-state index in [1.54, 1.807) is 18.7 Å². The van der Waals surface area contributed by atoms with Crippen LogP contribution in [0.15, 0.2) is 30.7 Å². The molecule has 2 saturated carbocycles. The van der Waals surface area contributed by atoms with Crippen LogP contribution in [0.1, 0.15) is 69.3 Å². The number of ether oxygens (including phenoxy) is 1. The molecule has 0 aromatic carbocycles. The lowest BCUT2D eigenvalue weighted by Crippen LogP contribution is -2.58. The average molecular weight is 512 g/mol. The predicted molar refractivity (Wildman–Crippen MR) is 135 cm³/mol. The Bertz CT molecular complexity index is 1030. The summed E-state index contributed by atoms with van der Waals surface area (Å²) in [4.78, 5) is 62.6. The fraction of sp³-hybridized carbons (Fsp3) is 0.630. The molecule has 0 radical (unpaired) electrons. The molecule has 1 aliphatic heterocycles. The molecular formula is C27H37N5O5. The molecule has 2 heterocycles. The maximum atomic E-state index is 13.8. The number of hydrogen-bond acceptors (Lipinski definition) is 7. The van der Waals surface area contributed by atoms with Crippen LogP contribution in [0.25, 0.3) is 0 Å². The van der Waals surface area contributed by atoms with Gasteiger partial charge in [0, 0.05) is 18.9 Å². The van der Waals surface area contributed by atoms with Crippen LogP contribution in [-0.4, -0.2) is 69.8 Å². The van der Waals surface area contributed by atoms with Crippen molar-refractivity contribution in [3.05, 3.63) is 36.4 Å². The first-order valence-electron chi connectivity index (χ1n) is 13.3. The number of likely N-dealkylation sites (tertiary alicyclic amines) is 1. The number of carbonyl (C=O) groups excluding carboxylic acids is 4. The van der Waals surface area contributed by atoms with E-state index in [4.69, 9.17) is 4.74 Å². The second-order valence-electron chi connectivity index (χ2n) is 10.4. The Morgan fingerprint density at radius 2 is 1.86 bits per heavy atom. The van der Waals surface area contributed by atoms with Gasteiger partial charge in [-0.05, 0) is 62.9 Å². The molecule has 4 rings (SSSR count). The van der Waals surface area contributed by atoms with Crippen molar-refractivity contribution >= 4 is 23.7 Å². The Hall–Kier alpha value is -3.30. The van der Waals surface area contributed by atoms with Crippen LogP contribution in [0.4, 0.5) is 0 Å². The second-order valence-corrected chi connectivity index (χ2v) is 10.4. The van der Waals surface area contributed by atoms with Gasteiger partial charge in [0.15, 0.2) is 0 Å². The van der Waals surface area contributed by atoms with E-state index in [0.717, 1.165) is 44.9 Å². The zero-order valence-corrected chi connectivity index (χ0v) is 21.7. The zero-order valence-electron chi connectivity index (χ0n) is 21.7. The van der Waals surface area contributed by atoms with Gasteiger partial charge in [-0.15, -0.1) is 0 Å². The molecule has 0 unspecified atom stereocenters. The summed E-state index contributed by atoms with van der Waals surface area (Å²) in [5.41, 5.74) is 0.579. The van der Waals surface area contributed by atoms with Crippen LogP contribution in [0, 0.1) is 17.8 Å². The summed E-state index contributed by atoms with van der Waals surface area (Å²) >= 11 is 0. The topological polar surface area (TPSA) is 131 Å². The summed E-state index contributed by atoms with van der Waals surface area (Å²) in [6.07, 6.45) is 10.6. The fourth-order valence-electron chi connectivity index (χ4n) is 6.18. The Balaban J connectivity index is 1.52. The number of esters is 1. The maximum absolute atomic E-state index is 13.8. The van der Waals surface area contributed by atoms with Crippen molar-refractivity contribution in [2.45, 2.75) is 76.9 Å². The first-order valence-corrected chi connectivity index (χ1v) is 13.3. The summed E-state index contributed by atoms with van der Waals surface area (Å²) in [5, 5.41) is 5.67. The van der Waals surface area contributed by atoms with Crippen LogP contribution < -0.4 is 10.6 Å². The number of nitrogens with one attached hydrogen (secondary N) is 2. The Kier molecular flexibility index (Phi) is 8.56. The Labute approximate surface area is 217 Å². The summed E-state index contributed by atoms with van der Waals surface area (Å²) in [7, 11) is 0. The fourth-order valence-corrected chi connectivity index (χ4v) is 6.18. The van der Waals surface area contributed by atoms with E-state index in [1.165, 1.54) is 18.6 Å². The summed E-state index contributed by atoms with van der Waals surface area (Å²) in [5.74, 6) is -1.43. The Morgan fingerprint density at radius 1 is 1.11 bits per heavy atom. The number of carbonyl (C=O) groups is 4. The van der Waals surface area contributed by atoms with Crippen LogP contribution in [0.5, 0.6) is 0 Å². The van der Waals surface area contributed by atoms with Crippen molar-refractivity contribution in [2.24, 2.45) is 17.8 Å². The molecule has 2 N–H and O–H groups in total. The van der Waals surface area contributed by atoms with Crippen molar-refractivity contribution in [3.8, 4) is 0 Å². The molecule has 0 spiro atoms. The normalized spacial score (nSPS) is 24.7. The van der Waals surface area contributed by atoms with Gasteiger partial charge in [-0.3, -0.25) is 19.4 Å². The van der Waals surface area contributed by atoms with Crippen LogP contribution in [0.2, 0.25) is 0 Å². The number of rotatable bonds is 9. The monoisotopic (exact) mass is 511 g/mol. The Morgan fingerprint density at radius 3 is 2.51 bits per heavy atom. The third-order valence-electron chi connectivity index (χ3n) is 7.96. The van der Waals surface area contributed by atoms with E-state index in [0.29, 0.717) is 12.1 Å². The lowest BCUT2D eigenvalue weighted by molar-refractivity contribution is -0.155. The number of amides is 3. The van der Waals surface area contributed by atoms with Gasteiger partial charge < -0.3 is 20.3 Å². The highest BCUT2D eigenvalue weighted by atomic mass is 16.5. The van der Waals surface area contributed by atoms with Crippen LogP contribution >= 0.6 is 0 Å². The number of hydrogen-bond donors (Lipinski definition) is 2. The largest absolute Gasteiger partial charge is 0.464 e. The molecule has 3 amide bonds. The number of aromatic nitrogens is 2. The molecule has 1 saturated heterocycles. The molecule has 10 heteroatoms. The van der Waals surface area contributed by atoms with E-state index < -0.39 is 35.9 Å². The molecule has 3 fully saturated rings. The van der Waals surface area contributed by atoms with Gasteiger partial charge in [-0.2, -0.15) is 0 Å². The molecular weight excluding hydrogens is 474 g/mol. The third-order valence-corrected chi connectivity index (χ3v) is 7.96. The van der Waals surface area contributed by atoms with Gasteiger partial charge in [0.2, 0.25) is 11.8 Å². The maximum Gasteiger partial charge on any atom is 0.329 e. The van der Waals surface area contributed by atoms with E-state index in [2.05, 4.69) is 27.2 Å². The highest BCUT2D eigenvalue weighted by Gasteiger charge is 2.51. The summed E-state index contributed by atoms with van der Waals surface area (Å²) in [6, 6.07) is -2.49. The van der Waals surface area contributed by atoms with Gasteiger partial charge in [0.1, 0.15) is 23.8 Å². The summed E-state index contributed by atoms with van der Waals surface area (Å²) < 4.78 is 5.33. The smallest absolute Gasteiger partial charge is 0.329 e. The van der Waals surface area contributed by atoms with E-state index in [-0.39, 0.29) is 36.0 Å². The molecule has 2 aliphatic carbocycles. The first kappa shape index (κ1) is 26.8. The molecule has 1 aromatic rings. The molecule has 1 aromatic heterocycles. The van der Waals surface area contributed by atoms with Gasteiger partial charge in [-0.1, -0.05) is 25.8 Å². The van der Waals surface area contributed by atoms with Gasteiger partial charge in [0.05, 0.1) is 12.8 Å². The molecule has 3 aliphatic rings. The lowest BCUT2D eigenvalue weighted by Gasteiger charge is -2.32. The van der Waals surface area contributed by atoms with E-state index in [1.807, 2.05) is 0 Å². The molecule has 0 bridgehead atoms. The minimum absolute atomic E-state index is 0.0556. The first-order chi connectivity index (χ1) is 17.8. The predicted octanol–water partition coefficient (Wildman–Crippen LogP) is 2.02. The van der Waals surface area contributed by atoms with Gasteiger partial charge in [0.25, 0.3) is 5.91 Å². The number of nitrogens with zero attached hydrogens (tertiary/aromatic N) is 3. The molecule has 200 valence electrons. The lowest BCUT2D eigenvalue weighted by atomic mass is 9.94. The average Bonchev–Trinajstić information content (AvgIpc) is 3.63. The third kappa shape index (κ3) is 5.83. The zero-order chi connectivity index (χ0) is 26.5. The SMILES string of the molecule is C=C(C)[C@H](NC(=O)[C@@H](NC(=O)c1cnccn1)C1CCCC1)C(=O)N1C[C@@H]2CCC[C@@H]2[C@H]1C(=O)OCC. The van der Waals surface area contributed by atoms with Crippen molar-refractivity contribution in [2.75, 3.05) is 13.2 Å². The summed E-state index contributed by atoms with van der Waals surface area (Å²) in [6.45, 7) is 8.09.